The lowest BCUT2D eigenvalue weighted by Gasteiger charge is -2.55. The number of fused-ring (bicyclic) bond motifs is 2. The van der Waals surface area contributed by atoms with Gasteiger partial charge in [-0.25, -0.2) is 0 Å². The monoisotopic (exact) mass is 475 g/mol. The Morgan fingerprint density at radius 3 is 2.80 bits per heavy atom. The highest BCUT2D eigenvalue weighted by atomic mass is 16.5. The summed E-state index contributed by atoms with van der Waals surface area (Å²) in [7, 11) is 3.93. The van der Waals surface area contributed by atoms with Gasteiger partial charge in [0.2, 0.25) is 0 Å². The number of anilines is 1. The summed E-state index contributed by atoms with van der Waals surface area (Å²) < 4.78 is 12.8. The third-order valence-corrected chi connectivity index (χ3v) is 9.81. The van der Waals surface area contributed by atoms with Crippen LogP contribution in [0.25, 0.3) is 16.7 Å². The van der Waals surface area contributed by atoms with Gasteiger partial charge in [0, 0.05) is 17.4 Å². The molecule has 7 rings (SSSR count). The lowest BCUT2D eigenvalue weighted by Crippen LogP contribution is -2.61. The Morgan fingerprint density at radius 2 is 2.00 bits per heavy atom. The first kappa shape index (κ1) is 21.8. The van der Waals surface area contributed by atoms with Gasteiger partial charge in [0.15, 0.2) is 5.58 Å². The molecule has 3 heterocycles. The number of aliphatic hydroxyl groups is 2. The highest BCUT2D eigenvalue weighted by molar-refractivity contribution is 5.83. The largest absolute Gasteiger partial charge is 0.424 e. The summed E-state index contributed by atoms with van der Waals surface area (Å²) in [5.74, 6) is 0.305. The van der Waals surface area contributed by atoms with Crippen LogP contribution < -0.4 is 5.73 Å². The third-order valence-electron chi connectivity index (χ3n) is 9.81. The second kappa shape index (κ2) is 6.85. The molecule has 7 unspecified atom stereocenters. The fourth-order valence-electron chi connectivity index (χ4n) is 8.06. The Hall–Kier alpha value is -2.45. The number of allylic oxidation sites excluding steroid dienone is 3. The molecule has 2 aromatic rings. The van der Waals surface area contributed by atoms with Crippen molar-refractivity contribution in [2.75, 3.05) is 19.8 Å². The number of benzene rings is 1. The fourth-order valence-corrected chi connectivity index (χ4v) is 8.06. The maximum absolute atomic E-state index is 11.1. The van der Waals surface area contributed by atoms with Gasteiger partial charge in [0.1, 0.15) is 11.6 Å². The van der Waals surface area contributed by atoms with E-state index in [2.05, 4.69) is 42.3 Å². The first-order valence-corrected chi connectivity index (χ1v) is 12.7. The summed E-state index contributed by atoms with van der Waals surface area (Å²) in [5.41, 5.74) is 10.8. The highest BCUT2D eigenvalue weighted by Gasteiger charge is 2.67. The molecule has 1 aromatic heterocycles. The second-order valence-corrected chi connectivity index (χ2v) is 11.7. The van der Waals surface area contributed by atoms with Crippen molar-refractivity contribution in [1.82, 2.24) is 9.88 Å². The number of ether oxygens (including phenoxy) is 1. The molecular formula is C28H33N3O4. The van der Waals surface area contributed by atoms with Gasteiger partial charge >= 0.3 is 0 Å². The maximum Gasteiger partial charge on any atom is 0.292 e. The van der Waals surface area contributed by atoms with Crippen LogP contribution in [0.15, 0.2) is 52.0 Å². The third kappa shape index (κ3) is 2.67. The van der Waals surface area contributed by atoms with E-state index in [0.29, 0.717) is 17.9 Å². The van der Waals surface area contributed by atoms with Crippen molar-refractivity contribution in [2.45, 2.75) is 68.5 Å². The predicted molar refractivity (Wildman–Crippen MR) is 133 cm³/mol. The van der Waals surface area contributed by atoms with E-state index in [1.54, 1.807) is 0 Å². The van der Waals surface area contributed by atoms with Crippen LogP contribution in [-0.2, 0) is 4.74 Å². The van der Waals surface area contributed by atoms with Gasteiger partial charge in [-0.1, -0.05) is 31.2 Å². The van der Waals surface area contributed by atoms with Gasteiger partial charge in [0.05, 0.1) is 17.3 Å². The molecule has 2 fully saturated rings. The molecule has 3 aliphatic carbocycles. The minimum atomic E-state index is -0.903. The Kier molecular flexibility index (Phi) is 4.27. The summed E-state index contributed by atoms with van der Waals surface area (Å²) in [4.78, 5) is 6.26. The number of hydrogen-bond donors (Lipinski definition) is 3. The van der Waals surface area contributed by atoms with E-state index in [4.69, 9.17) is 14.9 Å². The zero-order chi connectivity index (χ0) is 24.3. The number of nitrogens with zero attached hydrogens (tertiary/aromatic N) is 2. The van der Waals surface area contributed by atoms with Crippen LogP contribution >= 0.6 is 0 Å². The average molecular weight is 476 g/mol. The van der Waals surface area contributed by atoms with Crippen molar-refractivity contribution in [3.8, 4) is 0 Å². The molecular weight excluding hydrogens is 442 g/mol. The van der Waals surface area contributed by atoms with Crippen LogP contribution in [0.1, 0.15) is 44.6 Å². The number of oxazole rings is 1. The smallest absolute Gasteiger partial charge is 0.292 e. The Balaban J connectivity index is 1.30. The van der Waals surface area contributed by atoms with Crippen LogP contribution in [0.5, 0.6) is 0 Å². The summed E-state index contributed by atoms with van der Waals surface area (Å²) in [6.07, 6.45) is 9.51. The van der Waals surface area contributed by atoms with Crippen molar-refractivity contribution in [2.24, 2.45) is 11.3 Å². The molecule has 7 nitrogen and oxygen atoms in total. The van der Waals surface area contributed by atoms with E-state index in [1.807, 2.05) is 25.1 Å². The molecule has 0 radical (unpaired) electrons. The number of aliphatic hydroxyl groups excluding tert-OH is 2. The molecule has 0 amide bonds. The van der Waals surface area contributed by atoms with Crippen molar-refractivity contribution >= 4 is 22.7 Å². The van der Waals surface area contributed by atoms with Gasteiger partial charge in [-0.3, -0.25) is 0 Å². The minimum absolute atomic E-state index is 0.0760. The standard InChI is InChI=1S/C28H33N3O4/c1-26-9-8-16-13-18-23(32)24(33)20(31(2)3)14-27(18)10-11-28(16,35-27)22(26)7-5-17(26)15-4-6-19-21(12-15)34-25(29)30-19/h4-6,8,12-13,20,22-24,32-33H,7,9-11,14H2,1-3H3,(H2,29,30). The van der Waals surface area contributed by atoms with E-state index < -0.39 is 17.8 Å². The lowest BCUT2D eigenvalue weighted by molar-refractivity contribution is -0.161. The first-order valence-electron chi connectivity index (χ1n) is 12.7. The summed E-state index contributed by atoms with van der Waals surface area (Å²) in [6.45, 7) is 2.37. The molecule has 184 valence electrons. The maximum atomic E-state index is 11.1. The average Bonchev–Trinajstić information content (AvgIpc) is 3.47. The molecule has 2 bridgehead atoms. The van der Waals surface area contributed by atoms with Crippen LogP contribution in [-0.4, -0.2) is 63.6 Å². The summed E-state index contributed by atoms with van der Waals surface area (Å²) in [6, 6.07) is 6.21. The van der Waals surface area contributed by atoms with Crippen LogP contribution in [0, 0.1) is 11.3 Å². The molecule has 1 saturated heterocycles. The van der Waals surface area contributed by atoms with Crippen molar-refractivity contribution in [1.29, 1.82) is 0 Å². The molecule has 35 heavy (non-hydrogen) atoms. The van der Waals surface area contributed by atoms with E-state index in [9.17, 15) is 10.2 Å². The molecule has 1 aromatic carbocycles. The summed E-state index contributed by atoms with van der Waals surface area (Å²) >= 11 is 0. The van der Waals surface area contributed by atoms with Gasteiger partial charge < -0.3 is 30.0 Å². The van der Waals surface area contributed by atoms with Crippen molar-refractivity contribution in [3.63, 3.8) is 0 Å². The van der Waals surface area contributed by atoms with E-state index in [0.717, 1.165) is 42.3 Å². The summed E-state index contributed by atoms with van der Waals surface area (Å²) in [5, 5.41) is 22.0. The normalized spacial score (nSPS) is 41.8. The van der Waals surface area contributed by atoms with Crippen molar-refractivity contribution < 1.29 is 19.4 Å². The van der Waals surface area contributed by atoms with Gasteiger partial charge in [-0.2, -0.15) is 4.98 Å². The van der Waals surface area contributed by atoms with Gasteiger partial charge in [-0.05, 0) is 80.6 Å². The second-order valence-electron chi connectivity index (χ2n) is 11.7. The number of likely N-dealkylation sites (N-methyl/N-ethyl adjacent to an activating group) is 1. The van der Waals surface area contributed by atoms with Crippen LogP contribution in [0.3, 0.4) is 0 Å². The molecule has 5 aliphatic rings. The number of nitrogens with two attached hydrogens (primary N) is 1. The number of nitrogen functional groups attached to an aromatic ring is 1. The zero-order valence-corrected chi connectivity index (χ0v) is 20.5. The molecule has 4 N–H and O–H groups in total. The first-order chi connectivity index (χ1) is 16.7. The van der Waals surface area contributed by atoms with Crippen LogP contribution in [0.4, 0.5) is 6.01 Å². The molecule has 2 aliphatic heterocycles. The molecule has 1 saturated carbocycles. The van der Waals surface area contributed by atoms with Gasteiger partial charge in [-0.15, -0.1) is 0 Å². The topological polar surface area (TPSA) is 105 Å². The SMILES string of the molecule is CN(C)C1CC23CCC4(O2)C(=CCC2(C)C(c5ccc6nc(N)oc6c5)=CCC24)C=C3C(O)C1O. The Morgan fingerprint density at radius 1 is 1.17 bits per heavy atom. The molecule has 7 heteroatoms. The van der Waals surface area contributed by atoms with Gasteiger partial charge in [0.25, 0.3) is 6.01 Å². The quantitative estimate of drug-likeness (QED) is 0.611. The molecule has 7 atom stereocenters. The number of hydrogen-bond acceptors (Lipinski definition) is 7. The van der Waals surface area contributed by atoms with E-state index >= 15 is 0 Å². The fraction of sp³-hybridized carbons (Fsp3) is 0.536. The zero-order valence-electron chi connectivity index (χ0n) is 20.5. The van der Waals surface area contributed by atoms with Crippen LogP contribution in [0.2, 0.25) is 0 Å². The highest BCUT2D eigenvalue weighted by Crippen LogP contribution is 2.67. The van der Waals surface area contributed by atoms with E-state index in [1.165, 1.54) is 11.1 Å². The molecule has 2 spiro atoms. The number of rotatable bonds is 2. The number of aromatic nitrogens is 1. The lowest BCUT2D eigenvalue weighted by atomic mass is 9.58. The minimum Gasteiger partial charge on any atom is -0.424 e. The van der Waals surface area contributed by atoms with E-state index in [-0.39, 0.29) is 23.1 Å². The predicted octanol–water partition coefficient (Wildman–Crippen LogP) is 3.43. The Labute approximate surface area is 204 Å². The Bertz CT molecular complexity index is 1340. The van der Waals surface area contributed by atoms with Crippen molar-refractivity contribution in [3.05, 3.63) is 53.1 Å².